The molecule has 2 aromatic carbocycles. The second-order valence-corrected chi connectivity index (χ2v) is 8.97. The number of nitrogens with zero attached hydrogens (tertiary/aromatic N) is 1. The fourth-order valence-electron chi connectivity index (χ4n) is 3.51. The molecule has 8 heteroatoms. The molecule has 1 heterocycles. The monoisotopic (exact) mass is 419 g/mol. The topological polar surface area (TPSA) is 93.1 Å². The van der Waals surface area contributed by atoms with E-state index in [1.54, 1.807) is 30.3 Å². The first-order valence-electron chi connectivity index (χ1n) is 9.36. The van der Waals surface area contributed by atoms with E-state index in [1.165, 1.54) is 26.4 Å². The molecule has 7 nitrogen and oxygen atoms in total. The van der Waals surface area contributed by atoms with Crippen LogP contribution in [0.1, 0.15) is 18.4 Å². The van der Waals surface area contributed by atoms with Gasteiger partial charge in [-0.1, -0.05) is 6.07 Å². The molecule has 0 aliphatic carbocycles. The number of carboxylic acid groups (broad SMARTS) is 1. The summed E-state index contributed by atoms with van der Waals surface area (Å²) in [4.78, 5) is 13.5. The number of carbonyl (C=O) groups is 1. The van der Waals surface area contributed by atoms with Crippen LogP contribution in [-0.4, -0.2) is 51.7 Å². The zero-order valence-corrected chi connectivity index (χ0v) is 17.3. The highest BCUT2D eigenvalue weighted by Gasteiger charge is 2.26. The average Bonchev–Trinajstić information content (AvgIpc) is 2.74. The van der Waals surface area contributed by atoms with Gasteiger partial charge < -0.3 is 14.6 Å². The SMILES string of the molecule is COc1ccc(S(=O)(=O)c2ccc(CN3CCC(C(=O)O)CC3)cc2OC)cc1. The number of hydrogen-bond donors (Lipinski definition) is 1. The van der Waals surface area contributed by atoms with E-state index in [-0.39, 0.29) is 15.7 Å². The molecule has 0 radical (unpaired) electrons. The number of likely N-dealkylation sites (tertiary alicyclic amines) is 1. The molecule has 0 amide bonds. The third kappa shape index (κ3) is 4.71. The van der Waals surface area contributed by atoms with Crippen LogP contribution in [0.4, 0.5) is 0 Å². The second kappa shape index (κ2) is 8.84. The van der Waals surface area contributed by atoms with Crippen molar-refractivity contribution in [2.45, 2.75) is 29.2 Å². The van der Waals surface area contributed by atoms with Crippen LogP contribution < -0.4 is 9.47 Å². The van der Waals surface area contributed by atoms with Crippen molar-refractivity contribution in [2.75, 3.05) is 27.3 Å². The minimum atomic E-state index is -3.73. The van der Waals surface area contributed by atoms with Gasteiger partial charge in [0, 0.05) is 6.54 Å². The molecule has 0 bridgehead atoms. The first kappa shape index (κ1) is 21.1. The summed E-state index contributed by atoms with van der Waals surface area (Å²) < 4.78 is 36.5. The Bertz CT molecular complexity index is 963. The van der Waals surface area contributed by atoms with Gasteiger partial charge in [-0.2, -0.15) is 0 Å². The number of ether oxygens (including phenoxy) is 2. The molecule has 0 aromatic heterocycles. The van der Waals surface area contributed by atoms with E-state index >= 15 is 0 Å². The van der Waals surface area contributed by atoms with Crippen LogP contribution in [-0.2, 0) is 21.2 Å². The summed E-state index contributed by atoms with van der Waals surface area (Å²) in [6, 6.07) is 11.3. The summed E-state index contributed by atoms with van der Waals surface area (Å²) >= 11 is 0. The van der Waals surface area contributed by atoms with Gasteiger partial charge >= 0.3 is 5.97 Å². The van der Waals surface area contributed by atoms with Crippen molar-refractivity contribution in [1.29, 1.82) is 0 Å². The van der Waals surface area contributed by atoms with Crippen molar-refractivity contribution in [3.8, 4) is 11.5 Å². The Hall–Kier alpha value is -2.58. The van der Waals surface area contributed by atoms with E-state index in [1.807, 2.05) is 0 Å². The van der Waals surface area contributed by atoms with Crippen LogP contribution in [0.2, 0.25) is 0 Å². The molecule has 1 N–H and O–H groups in total. The first-order chi connectivity index (χ1) is 13.8. The fourth-order valence-corrected chi connectivity index (χ4v) is 4.91. The molecule has 0 atom stereocenters. The lowest BCUT2D eigenvalue weighted by molar-refractivity contribution is -0.143. The third-order valence-corrected chi connectivity index (χ3v) is 7.04. The van der Waals surface area contributed by atoms with Gasteiger partial charge in [-0.05, 0) is 67.9 Å². The molecule has 1 fully saturated rings. The summed E-state index contributed by atoms with van der Waals surface area (Å²) in [6.45, 7) is 2.02. The lowest BCUT2D eigenvalue weighted by atomic mass is 9.97. The van der Waals surface area contributed by atoms with Gasteiger partial charge in [0.25, 0.3) is 0 Å². The smallest absolute Gasteiger partial charge is 0.306 e. The maximum Gasteiger partial charge on any atom is 0.306 e. The summed E-state index contributed by atoms with van der Waals surface area (Å²) in [5.41, 5.74) is 0.921. The molecule has 3 rings (SSSR count). The van der Waals surface area contributed by atoms with Gasteiger partial charge in [-0.3, -0.25) is 9.69 Å². The maximum absolute atomic E-state index is 13.0. The summed E-state index contributed by atoms with van der Waals surface area (Å²) in [5.74, 6) is -0.145. The summed E-state index contributed by atoms with van der Waals surface area (Å²) in [5, 5.41) is 9.11. The molecule has 29 heavy (non-hydrogen) atoms. The van der Waals surface area contributed by atoms with Crippen LogP contribution >= 0.6 is 0 Å². The number of benzene rings is 2. The Kier molecular flexibility index (Phi) is 6.44. The molecule has 0 unspecified atom stereocenters. The standard InChI is InChI=1S/C21H25NO6S/c1-27-17-4-6-18(7-5-17)29(25,26)20-8-3-15(13-19(20)28-2)14-22-11-9-16(10-12-22)21(23)24/h3-8,13,16H,9-12,14H2,1-2H3,(H,23,24). The average molecular weight is 419 g/mol. The van der Waals surface area contributed by atoms with Gasteiger partial charge in [0.05, 0.1) is 25.0 Å². The van der Waals surface area contributed by atoms with Crippen LogP contribution in [0.25, 0.3) is 0 Å². The van der Waals surface area contributed by atoms with Crippen LogP contribution in [0, 0.1) is 5.92 Å². The quantitative estimate of drug-likeness (QED) is 0.738. The van der Waals surface area contributed by atoms with Crippen molar-refractivity contribution in [3.63, 3.8) is 0 Å². The predicted octanol–water partition coefficient (Wildman–Crippen LogP) is 2.83. The van der Waals surface area contributed by atoms with E-state index in [9.17, 15) is 13.2 Å². The number of methoxy groups -OCH3 is 2. The predicted molar refractivity (Wildman–Crippen MR) is 107 cm³/mol. The number of carboxylic acids is 1. The van der Waals surface area contributed by atoms with Crippen molar-refractivity contribution < 1.29 is 27.8 Å². The number of rotatable bonds is 7. The van der Waals surface area contributed by atoms with E-state index in [4.69, 9.17) is 14.6 Å². The summed E-state index contributed by atoms with van der Waals surface area (Å²) in [7, 11) is -0.761. The molecular weight excluding hydrogens is 394 g/mol. The molecule has 2 aromatic rings. The minimum Gasteiger partial charge on any atom is -0.497 e. The molecule has 0 spiro atoms. The van der Waals surface area contributed by atoms with Crippen molar-refractivity contribution in [1.82, 2.24) is 4.90 Å². The number of sulfone groups is 1. The van der Waals surface area contributed by atoms with Gasteiger partial charge in [-0.15, -0.1) is 0 Å². The lowest BCUT2D eigenvalue weighted by Crippen LogP contribution is -2.35. The minimum absolute atomic E-state index is 0.110. The Labute approximate surface area is 170 Å². The number of aliphatic carboxylic acids is 1. The van der Waals surface area contributed by atoms with E-state index in [0.717, 1.165) is 5.56 Å². The van der Waals surface area contributed by atoms with Crippen molar-refractivity contribution in [2.24, 2.45) is 5.92 Å². The molecule has 0 saturated carbocycles. The Morgan fingerprint density at radius 3 is 2.28 bits per heavy atom. The Morgan fingerprint density at radius 2 is 1.72 bits per heavy atom. The van der Waals surface area contributed by atoms with Crippen LogP contribution in [0.3, 0.4) is 0 Å². The van der Waals surface area contributed by atoms with Gasteiger partial charge in [0.2, 0.25) is 9.84 Å². The number of hydrogen-bond acceptors (Lipinski definition) is 6. The summed E-state index contributed by atoms with van der Waals surface area (Å²) in [6.07, 6.45) is 1.24. The van der Waals surface area contributed by atoms with Gasteiger partial charge in [-0.25, -0.2) is 8.42 Å². The first-order valence-corrected chi connectivity index (χ1v) is 10.8. The highest BCUT2D eigenvalue weighted by molar-refractivity contribution is 7.91. The zero-order valence-electron chi connectivity index (χ0n) is 16.5. The van der Waals surface area contributed by atoms with Gasteiger partial charge in [0.1, 0.15) is 16.4 Å². The van der Waals surface area contributed by atoms with Crippen molar-refractivity contribution >= 4 is 15.8 Å². The third-order valence-electron chi connectivity index (χ3n) is 5.23. The molecular formula is C21H25NO6S. The second-order valence-electron chi connectivity index (χ2n) is 7.05. The highest BCUT2D eigenvalue weighted by atomic mass is 32.2. The zero-order chi connectivity index (χ0) is 21.0. The molecule has 156 valence electrons. The highest BCUT2D eigenvalue weighted by Crippen LogP contribution is 2.32. The van der Waals surface area contributed by atoms with E-state index < -0.39 is 15.8 Å². The molecule has 1 aliphatic heterocycles. The maximum atomic E-state index is 13.0. The van der Waals surface area contributed by atoms with E-state index in [0.29, 0.717) is 44.0 Å². The van der Waals surface area contributed by atoms with Gasteiger partial charge in [0.15, 0.2) is 0 Å². The normalized spacial score (nSPS) is 15.8. The van der Waals surface area contributed by atoms with Crippen LogP contribution in [0.5, 0.6) is 11.5 Å². The largest absolute Gasteiger partial charge is 0.497 e. The molecule has 1 saturated heterocycles. The van der Waals surface area contributed by atoms with Crippen molar-refractivity contribution in [3.05, 3.63) is 48.0 Å². The Morgan fingerprint density at radius 1 is 1.07 bits per heavy atom. The lowest BCUT2D eigenvalue weighted by Gasteiger charge is -2.30. The number of piperidine rings is 1. The van der Waals surface area contributed by atoms with E-state index in [2.05, 4.69) is 4.90 Å². The fraction of sp³-hybridized carbons (Fsp3) is 0.381. The van der Waals surface area contributed by atoms with Crippen LogP contribution in [0.15, 0.2) is 52.3 Å². The molecule has 1 aliphatic rings. The Balaban J connectivity index is 1.79.